The van der Waals surface area contributed by atoms with Gasteiger partial charge in [0.1, 0.15) is 5.82 Å². The van der Waals surface area contributed by atoms with E-state index in [1.807, 2.05) is 0 Å². The zero-order valence-corrected chi connectivity index (χ0v) is 10.7. The fourth-order valence-electron chi connectivity index (χ4n) is 1.27. The molecule has 0 saturated carbocycles. The van der Waals surface area contributed by atoms with E-state index in [0.717, 1.165) is 12.5 Å². The Morgan fingerprint density at radius 3 is 2.56 bits per heavy atom. The summed E-state index contributed by atoms with van der Waals surface area (Å²) >= 11 is 16.8. The van der Waals surface area contributed by atoms with E-state index in [0.29, 0.717) is 18.7 Å². The molecule has 0 spiro atoms. The van der Waals surface area contributed by atoms with Crippen molar-refractivity contribution >= 4 is 40.6 Å². The maximum atomic E-state index is 13.2. The second-order valence-electron chi connectivity index (χ2n) is 3.32. The fourth-order valence-corrected chi connectivity index (χ4v) is 1.88. The Bertz CT molecular complexity index is 393. The lowest BCUT2D eigenvalue weighted by atomic mass is 10.1. The molecule has 5 heteroatoms. The smallest absolute Gasteiger partial charge is 0.164 e. The standard InChI is InChI=1S/C11H10Cl3FO/c12-4-2-1-3-10(16)8-5-7(13)6-9(15)11(8)14/h5-6H,1-4H2. The van der Waals surface area contributed by atoms with Crippen molar-refractivity contribution in [3.05, 3.63) is 33.6 Å². The number of halogens is 4. The maximum Gasteiger partial charge on any atom is 0.164 e. The highest BCUT2D eigenvalue weighted by Gasteiger charge is 2.14. The molecular weight excluding hydrogens is 273 g/mol. The first kappa shape index (κ1) is 13.8. The van der Waals surface area contributed by atoms with Gasteiger partial charge in [0.25, 0.3) is 0 Å². The lowest BCUT2D eigenvalue weighted by Gasteiger charge is -2.05. The molecular formula is C11H10Cl3FO. The lowest BCUT2D eigenvalue weighted by Crippen LogP contribution is -2.01. The summed E-state index contributed by atoms with van der Waals surface area (Å²) in [4.78, 5) is 11.7. The zero-order chi connectivity index (χ0) is 12.1. The summed E-state index contributed by atoms with van der Waals surface area (Å²) in [5, 5.41) is 0.00265. The van der Waals surface area contributed by atoms with Gasteiger partial charge in [0, 0.05) is 22.9 Å². The number of carbonyl (C=O) groups excluding carboxylic acids is 1. The Hall–Kier alpha value is -0.310. The van der Waals surface area contributed by atoms with Gasteiger partial charge in [-0.05, 0) is 25.0 Å². The van der Waals surface area contributed by atoms with Gasteiger partial charge in [-0.15, -0.1) is 11.6 Å². The number of Topliss-reactive ketones (excluding diaryl/α,β-unsaturated/α-hetero) is 1. The summed E-state index contributed by atoms with van der Waals surface area (Å²) in [5.74, 6) is -0.378. The average Bonchev–Trinajstić information content (AvgIpc) is 2.23. The predicted octanol–water partition coefficient (Wildman–Crippen LogP) is 4.72. The monoisotopic (exact) mass is 282 g/mol. The normalized spacial score (nSPS) is 10.5. The summed E-state index contributed by atoms with van der Waals surface area (Å²) < 4.78 is 13.2. The minimum atomic E-state index is -0.671. The van der Waals surface area contributed by atoms with Crippen LogP contribution in [0.3, 0.4) is 0 Å². The molecule has 0 radical (unpaired) electrons. The highest BCUT2D eigenvalue weighted by atomic mass is 35.5. The molecule has 1 nitrogen and oxygen atoms in total. The first-order valence-corrected chi connectivity index (χ1v) is 6.09. The molecule has 88 valence electrons. The molecule has 0 bridgehead atoms. The Morgan fingerprint density at radius 1 is 1.25 bits per heavy atom. The van der Waals surface area contributed by atoms with Crippen LogP contribution in [0.5, 0.6) is 0 Å². The Morgan fingerprint density at radius 2 is 1.94 bits per heavy atom. The van der Waals surface area contributed by atoms with Crippen LogP contribution in [0.25, 0.3) is 0 Å². The molecule has 1 aromatic rings. The Kier molecular flexibility index (Phi) is 5.53. The number of ketones is 1. The first-order valence-electron chi connectivity index (χ1n) is 4.80. The second-order valence-corrected chi connectivity index (χ2v) is 4.51. The molecule has 0 heterocycles. The number of carbonyl (C=O) groups is 1. The van der Waals surface area contributed by atoms with Crippen LogP contribution >= 0.6 is 34.8 Å². The summed E-state index contributed by atoms with van der Waals surface area (Å²) in [7, 11) is 0. The fraction of sp³-hybridized carbons (Fsp3) is 0.364. The van der Waals surface area contributed by atoms with Gasteiger partial charge in [-0.25, -0.2) is 4.39 Å². The van der Waals surface area contributed by atoms with Crippen molar-refractivity contribution in [1.82, 2.24) is 0 Å². The van der Waals surface area contributed by atoms with Crippen molar-refractivity contribution in [2.45, 2.75) is 19.3 Å². The topological polar surface area (TPSA) is 17.1 Å². The third-order valence-corrected chi connectivity index (χ3v) is 2.95. The number of alkyl halides is 1. The van der Waals surface area contributed by atoms with Crippen LogP contribution in [-0.4, -0.2) is 11.7 Å². The largest absolute Gasteiger partial charge is 0.294 e. The van der Waals surface area contributed by atoms with Crippen molar-refractivity contribution in [2.24, 2.45) is 0 Å². The predicted molar refractivity (Wildman–Crippen MR) is 65.3 cm³/mol. The van der Waals surface area contributed by atoms with Crippen LogP contribution in [0.15, 0.2) is 12.1 Å². The van der Waals surface area contributed by atoms with Crippen LogP contribution in [0.4, 0.5) is 4.39 Å². The molecule has 1 rings (SSSR count). The van der Waals surface area contributed by atoms with E-state index in [1.165, 1.54) is 6.07 Å². The third kappa shape index (κ3) is 3.62. The van der Waals surface area contributed by atoms with Crippen molar-refractivity contribution in [1.29, 1.82) is 0 Å². The highest BCUT2D eigenvalue weighted by Crippen LogP contribution is 2.26. The van der Waals surface area contributed by atoms with Gasteiger partial charge >= 0.3 is 0 Å². The van der Waals surface area contributed by atoms with E-state index in [4.69, 9.17) is 34.8 Å². The summed E-state index contributed by atoms with van der Waals surface area (Å²) in [5.41, 5.74) is 0.140. The molecule has 0 aromatic heterocycles. The number of hydrogen-bond acceptors (Lipinski definition) is 1. The van der Waals surface area contributed by atoms with E-state index in [1.54, 1.807) is 0 Å². The van der Waals surface area contributed by atoms with Gasteiger partial charge in [-0.3, -0.25) is 4.79 Å². The van der Waals surface area contributed by atoms with Gasteiger partial charge in [0.15, 0.2) is 5.78 Å². The van der Waals surface area contributed by atoms with Crippen LogP contribution in [0, 0.1) is 5.82 Å². The van der Waals surface area contributed by atoms with E-state index >= 15 is 0 Å². The SMILES string of the molecule is O=C(CCCCCl)c1cc(Cl)cc(F)c1Cl. The van der Waals surface area contributed by atoms with Crippen LogP contribution in [0.2, 0.25) is 10.0 Å². The summed E-state index contributed by atoms with van der Waals surface area (Å²) in [6.07, 6.45) is 1.70. The summed E-state index contributed by atoms with van der Waals surface area (Å²) in [6.45, 7) is 0. The van der Waals surface area contributed by atoms with Crippen LogP contribution in [0.1, 0.15) is 29.6 Å². The van der Waals surface area contributed by atoms with E-state index in [-0.39, 0.29) is 21.4 Å². The molecule has 0 aliphatic rings. The zero-order valence-electron chi connectivity index (χ0n) is 8.40. The Balaban J connectivity index is 2.82. The molecule has 0 amide bonds. The minimum absolute atomic E-state index is 0.140. The van der Waals surface area contributed by atoms with E-state index in [2.05, 4.69) is 0 Å². The molecule has 1 aromatic carbocycles. The molecule has 0 atom stereocenters. The number of benzene rings is 1. The number of rotatable bonds is 5. The van der Waals surface area contributed by atoms with E-state index < -0.39 is 5.82 Å². The third-order valence-electron chi connectivity index (χ3n) is 2.08. The van der Waals surface area contributed by atoms with Crippen LogP contribution in [-0.2, 0) is 0 Å². The van der Waals surface area contributed by atoms with Crippen molar-refractivity contribution in [3.63, 3.8) is 0 Å². The summed E-state index contributed by atoms with van der Waals surface area (Å²) in [6, 6.07) is 2.47. The van der Waals surface area contributed by atoms with Crippen molar-refractivity contribution < 1.29 is 9.18 Å². The Labute approximate surface area is 108 Å². The molecule has 0 unspecified atom stereocenters. The first-order chi connectivity index (χ1) is 7.56. The number of hydrogen-bond donors (Lipinski definition) is 0. The quantitative estimate of drug-likeness (QED) is 0.330. The molecule has 0 saturated heterocycles. The van der Waals surface area contributed by atoms with Crippen LogP contribution < -0.4 is 0 Å². The molecule has 0 fully saturated rings. The van der Waals surface area contributed by atoms with Gasteiger partial charge in [-0.1, -0.05) is 23.2 Å². The molecule has 16 heavy (non-hydrogen) atoms. The molecule has 0 N–H and O–H groups in total. The lowest BCUT2D eigenvalue weighted by molar-refractivity contribution is 0.0979. The van der Waals surface area contributed by atoms with Crippen molar-refractivity contribution in [2.75, 3.05) is 5.88 Å². The van der Waals surface area contributed by atoms with E-state index in [9.17, 15) is 9.18 Å². The maximum absolute atomic E-state index is 13.2. The van der Waals surface area contributed by atoms with Gasteiger partial charge in [-0.2, -0.15) is 0 Å². The van der Waals surface area contributed by atoms with Gasteiger partial charge in [0.2, 0.25) is 0 Å². The molecule has 0 aliphatic heterocycles. The second kappa shape index (κ2) is 6.43. The van der Waals surface area contributed by atoms with Gasteiger partial charge < -0.3 is 0 Å². The highest BCUT2D eigenvalue weighted by molar-refractivity contribution is 6.36. The van der Waals surface area contributed by atoms with Gasteiger partial charge in [0.05, 0.1) is 5.02 Å². The minimum Gasteiger partial charge on any atom is -0.294 e. The molecule has 0 aliphatic carbocycles. The number of unbranched alkanes of at least 4 members (excludes halogenated alkanes) is 1. The average molecular weight is 284 g/mol. The van der Waals surface area contributed by atoms with Crippen molar-refractivity contribution in [3.8, 4) is 0 Å².